The van der Waals surface area contributed by atoms with Crippen molar-refractivity contribution in [3.8, 4) is 5.75 Å². The standard InChI is InChI=1S/C22H28N2O4S/c1-22(2,3)28-20(25)15-27-18-10-8-16(9-11-18)21(26)24-13-12-23-14-17-6-4-5-7-19(17)29/h4-11,23,29H,12-15H2,1-3H3,(H,24,26). The maximum atomic E-state index is 12.2. The topological polar surface area (TPSA) is 76.7 Å². The quantitative estimate of drug-likeness (QED) is 0.332. The Morgan fingerprint density at radius 2 is 1.69 bits per heavy atom. The van der Waals surface area contributed by atoms with Crippen LogP contribution in [0, 0.1) is 0 Å². The van der Waals surface area contributed by atoms with Crippen LogP contribution in [0.3, 0.4) is 0 Å². The third kappa shape index (κ3) is 8.58. The summed E-state index contributed by atoms with van der Waals surface area (Å²) in [5, 5.41) is 6.13. The van der Waals surface area contributed by atoms with E-state index in [9.17, 15) is 9.59 Å². The number of thiol groups is 1. The number of carbonyl (C=O) groups excluding carboxylic acids is 2. The van der Waals surface area contributed by atoms with Crippen LogP contribution in [0.5, 0.6) is 5.75 Å². The zero-order chi connectivity index (χ0) is 21.3. The van der Waals surface area contributed by atoms with Crippen molar-refractivity contribution >= 4 is 24.5 Å². The van der Waals surface area contributed by atoms with Crippen LogP contribution in [0.2, 0.25) is 0 Å². The number of ether oxygens (including phenoxy) is 2. The molecule has 0 saturated carbocycles. The summed E-state index contributed by atoms with van der Waals surface area (Å²) in [4.78, 5) is 24.8. The van der Waals surface area contributed by atoms with Crippen LogP contribution in [0.25, 0.3) is 0 Å². The number of hydrogen-bond donors (Lipinski definition) is 3. The summed E-state index contributed by atoms with van der Waals surface area (Å²) in [7, 11) is 0. The molecule has 0 aliphatic rings. The minimum Gasteiger partial charge on any atom is -0.482 e. The van der Waals surface area contributed by atoms with Crippen molar-refractivity contribution in [1.29, 1.82) is 0 Å². The molecule has 2 rings (SSSR count). The first-order chi connectivity index (χ1) is 13.7. The van der Waals surface area contributed by atoms with Gasteiger partial charge >= 0.3 is 5.97 Å². The highest BCUT2D eigenvalue weighted by molar-refractivity contribution is 7.80. The molecule has 0 heterocycles. The van der Waals surface area contributed by atoms with Gasteiger partial charge in [0.25, 0.3) is 5.91 Å². The van der Waals surface area contributed by atoms with Gasteiger partial charge in [0.1, 0.15) is 11.4 Å². The normalized spacial score (nSPS) is 11.0. The Morgan fingerprint density at radius 3 is 2.34 bits per heavy atom. The Bertz CT molecular complexity index is 816. The van der Waals surface area contributed by atoms with Gasteiger partial charge in [-0.1, -0.05) is 18.2 Å². The van der Waals surface area contributed by atoms with Gasteiger partial charge in [-0.3, -0.25) is 4.79 Å². The molecule has 0 unspecified atom stereocenters. The molecule has 156 valence electrons. The Labute approximate surface area is 177 Å². The van der Waals surface area contributed by atoms with E-state index in [4.69, 9.17) is 9.47 Å². The summed E-state index contributed by atoms with van der Waals surface area (Å²) in [6.45, 7) is 7.06. The number of esters is 1. The van der Waals surface area contributed by atoms with Crippen LogP contribution >= 0.6 is 12.6 Å². The van der Waals surface area contributed by atoms with Crippen LogP contribution in [-0.4, -0.2) is 37.2 Å². The van der Waals surface area contributed by atoms with E-state index in [1.165, 1.54) is 0 Å². The SMILES string of the molecule is CC(C)(C)OC(=O)COc1ccc(C(=O)NCCNCc2ccccc2S)cc1. The number of nitrogens with one attached hydrogen (secondary N) is 2. The van der Waals surface area contributed by atoms with E-state index in [0.29, 0.717) is 30.9 Å². The van der Waals surface area contributed by atoms with Crippen LogP contribution in [0.1, 0.15) is 36.7 Å². The summed E-state index contributed by atoms with van der Waals surface area (Å²) in [6, 6.07) is 14.5. The highest BCUT2D eigenvalue weighted by Gasteiger charge is 2.16. The first-order valence-electron chi connectivity index (χ1n) is 9.45. The fourth-order valence-electron chi connectivity index (χ4n) is 2.47. The minimum absolute atomic E-state index is 0.167. The van der Waals surface area contributed by atoms with Crippen LogP contribution < -0.4 is 15.4 Å². The molecule has 7 heteroatoms. The molecule has 0 fully saturated rings. The van der Waals surface area contributed by atoms with E-state index in [2.05, 4.69) is 23.3 Å². The summed E-state index contributed by atoms with van der Waals surface area (Å²) in [5.41, 5.74) is 1.09. The number of carbonyl (C=O) groups is 2. The smallest absolute Gasteiger partial charge is 0.344 e. The molecule has 2 N–H and O–H groups in total. The average Bonchev–Trinajstić information content (AvgIpc) is 2.66. The number of amides is 1. The van der Waals surface area contributed by atoms with Gasteiger partial charge in [-0.05, 0) is 56.7 Å². The molecule has 0 bridgehead atoms. The highest BCUT2D eigenvalue weighted by Crippen LogP contribution is 2.14. The molecule has 0 aromatic heterocycles. The molecule has 0 aliphatic heterocycles. The molecule has 29 heavy (non-hydrogen) atoms. The number of hydrogen-bond acceptors (Lipinski definition) is 6. The zero-order valence-corrected chi connectivity index (χ0v) is 17.9. The van der Waals surface area contributed by atoms with Gasteiger partial charge in [0.2, 0.25) is 0 Å². The maximum Gasteiger partial charge on any atom is 0.344 e. The van der Waals surface area contributed by atoms with Gasteiger partial charge < -0.3 is 20.1 Å². The molecule has 2 aromatic rings. The van der Waals surface area contributed by atoms with E-state index in [0.717, 1.165) is 10.5 Å². The average molecular weight is 417 g/mol. The first-order valence-corrected chi connectivity index (χ1v) is 9.90. The van der Waals surface area contributed by atoms with Crippen LogP contribution in [0.4, 0.5) is 0 Å². The molecule has 0 saturated heterocycles. The Hall–Kier alpha value is -2.51. The summed E-state index contributed by atoms with van der Waals surface area (Å²) >= 11 is 4.41. The molecule has 0 atom stereocenters. The molecule has 2 aromatic carbocycles. The van der Waals surface area contributed by atoms with Crippen LogP contribution in [0.15, 0.2) is 53.4 Å². The van der Waals surface area contributed by atoms with Crippen molar-refractivity contribution in [3.05, 3.63) is 59.7 Å². The Balaban J connectivity index is 1.69. The third-order valence-electron chi connectivity index (χ3n) is 3.79. The second kappa shape index (κ2) is 10.9. The van der Waals surface area contributed by atoms with Crippen molar-refractivity contribution in [2.45, 2.75) is 37.8 Å². The number of rotatable bonds is 9. The summed E-state index contributed by atoms with van der Waals surface area (Å²) < 4.78 is 10.6. The summed E-state index contributed by atoms with van der Waals surface area (Å²) in [5.74, 6) is -0.105. The predicted octanol–water partition coefficient (Wildman–Crippen LogP) is 3.22. The Kier molecular flexibility index (Phi) is 8.54. The van der Waals surface area contributed by atoms with Gasteiger partial charge in [0, 0.05) is 30.1 Å². The molecular formula is C22H28N2O4S. The second-order valence-corrected chi connectivity index (χ2v) is 7.94. The van der Waals surface area contributed by atoms with Gasteiger partial charge in [-0.15, -0.1) is 12.6 Å². The largest absolute Gasteiger partial charge is 0.482 e. The summed E-state index contributed by atoms with van der Waals surface area (Å²) in [6.07, 6.45) is 0. The van der Waals surface area contributed by atoms with Gasteiger partial charge in [-0.25, -0.2) is 4.79 Å². The lowest BCUT2D eigenvalue weighted by molar-refractivity contribution is -0.157. The lowest BCUT2D eigenvalue weighted by atomic mass is 10.2. The van der Waals surface area contributed by atoms with Crippen molar-refractivity contribution in [1.82, 2.24) is 10.6 Å². The first kappa shape index (κ1) is 22.8. The molecule has 0 aliphatic carbocycles. The number of benzene rings is 2. The van der Waals surface area contributed by atoms with Crippen LogP contribution in [-0.2, 0) is 16.1 Å². The van der Waals surface area contributed by atoms with Crippen molar-refractivity contribution in [3.63, 3.8) is 0 Å². The fourth-order valence-corrected chi connectivity index (χ4v) is 2.71. The van der Waals surface area contributed by atoms with Gasteiger partial charge in [0.05, 0.1) is 0 Å². The van der Waals surface area contributed by atoms with Crippen molar-refractivity contribution in [2.24, 2.45) is 0 Å². The molecule has 0 spiro atoms. The Morgan fingerprint density at radius 1 is 1.00 bits per heavy atom. The molecule has 6 nitrogen and oxygen atoms in total. The van der Waals surface area contributed by atoms with E-state index in [1.807, 2.05) is 24.3 Å². The van der Waals surface area contributed by atoms with Gasteiger partial charge in [0.15, 0.2) is 6.61 Å². The van der Waals surface area contributed by atoms with E-state index in [1.54, 1.807) is 45.0 Å². The van der Waals surface area contributed by atoms with Crippen molar-refractivity contribution in [2.75, 3.05) is 19.7 Å². The van der Waals surface area contributed by atoms with E-state index >= 15 is 0 Å². The lowest BCUT2D eigenvalue weighted by Gasteiger charge is -2.19. The van der Waals surface area contributed by atoms with E-state index < -0.39 is 11.6 Å². The third-order valence-corrected chi connectivity index (χ3v) is 4.22. The van der Waals surface area contributed by atoms with E-state index in [-0.39, 0.29) is 12.5 Å². The molecule has 0 radical (unpaired) electrons. The predicted molar refractivity (Wildman–Crippen MR) is 116 cm³/mol. The monoisotopic (exact) mass is 416 g/mol. The zero-order valence-electron chi connectivity index (χ0n) is 17.0. The maximum absolute atomic E-state index is 12.2. The highest BCUT2D eigenvalue weighted by atomic mass is 32.1. The molecule has 1 amide bonds. The van der Waals surface area contributed by atoms with Crippen molar-refractivity contribution < 1.29 is 19.1 Å². The minimum atomic E-state index is -0.548. The second-order valence-electron chi connectivity index (χ2n) is 7.46. The van der Waals surface area contributed by atoms with Gasteiger partial charge in [-0.2, -0.15) is 0 Å². The lowest BCUT2D eigenvalue weighted by Crippen LogP contribution is -2.31. The molecular weight excluding hydrogens is 388 g/mol. The fraction of sp³-hybridized carbons (Fsp3) is 0.364.